The van der Waals surface area contributed by atoms with Gasteiger partial charge in [-0.05, 0) is 18.1 Å². The van der Waals surface area contributed by atoms with Gasteiger partial charge < -0.3 is 15.1 Å². The maximum Gasteiger partial charge on any atom is 0.274 e. The normalized spacial score (nSPS) is 13.9. The lowest BCUT2D eigenvalue weighted by atomic mass is 10.1. The summed E-state index contributed by atoms with van der Waals surface area (Å²) in [6.45, 7) is 3.37. The first-order valence-electron chi connectivity index (χ1n) is 9.71. The van der Waals surface area contributed by atoms with Gasteiger partial charge in [-0.3, -0.25) is 4.79 Å². The standard InChI is InChI=1S/C21H23N7O/c29-20(27-11-13-28(14-12-27)21-23-8-4-9-24-21)18-15-26-19(16-25-18)22-10-7-17-5-2-1-3-6-17/h1-6,8-9,15-16H,7,10-14H2,(H,22,26). The van der Waals surface area contributed by atoms with E-state index in [-0.39, 0.29) is 5.91 Å². The molecule has 1 amide bonds. The van der Waals surface area contributed by atoms with Crippen molar-refractivity contribution in [2.75, 3.05) is 42.9 Å². The lowest BCUT2D eigenvalue weighted by Gasteiger charge is -2.34. The Labute approximate surface area is 169 Å². The Morgan fingerprint density at radius 1 is 0.897 bits per heavy atom. The summed E-state index contributed by atoms with van der Waals surface area (Å²) in [4.78, 5) is 33.8. The number of piperazine rings is 1. The second-order valence-electron chi connectivity index (χ2n) is 6.78. The molecule has 29 heavy (non-hydrogen) atoms. The van der Waals surface area contributed by atoms with Gasteiger partial charge >= 0.3 is 0 Å². The van der Waals surface area contributed by atoms with Gasteiger partial charge in [0.15, 0.2) is 0 Å². The molecule has 3 aromatic rings. The zero-order valence-electron chi connectivity index (χ0n) is 16.1. The minimum Gasteiger partial charge on any atom is -0.368 e. The van der Waals surface area contributed by atoms with Gasteiger partial charge in [-0.1, -0.05) is 30.3 Å². The zero-order valence-corrected chi connectivity index (χ0v) is 16.1. The van der Waals surface area contributed by atoms with Crippen LogP contribution in [0.15, 0.2) is 61.2 Å². The molecule has 0 saturated carbocycles. The first-order chi connectivity index (χ1) is 14.3. The van der Waals surface area contributed by atoms with Crippen LogP contribution >= 0.6 is 0 Å². The van der Waals surface area contributed by atoms with E-state index in [1.165, 1.54) is 5.56 Å². The number of hydrogen-bond acceptors (Lipinski definition) is 7. The molecule has 0 bridgehead atoms. The average Bonchev–Trinajstić information content (AvgIpc) is 2.80. The molecular weight excluding hydrogens is 366 g/mol. The Morgan fingerprint density at radius 3 is 2.34 bits per heavy atom. The van der Waals surface area contributed by atoms with Crippen LogP contribution in [0, 0.1) is 0 Å². The van der Waals surface area contributed by atoms with Crippen LogP contribution in [0.25, 0.3) is 0 Å². The van der Waals surface area contributed by atoms with Crippen LogP contribution in [0.2, 0.25) is 0 Å². The summed E-state index contributed by atoms with van der Waals surface area (Å²) >= 11 is 0. The lowest BCUT2D eigenvalue weighted by molar-refractivity contribution is 0.0740. The van der Waals surface area contributed by atoms with Crippen molar-refractivity contribution in [3.8, 4) is 0 Å². The molecule has 1 saturated heterocycles. The number of aromatic nitrogens is 4. The number of carbonyl (C=O) groups is 1. The van der Waals surface area contributed by atoms with Crippen molar-refractivity contribution in [2.45, 2.75) is 6.42 Å². The van der Waals surface area contributed by atoms with E-state index in [1.54, 1.807) is 35.8 Å². The number of anilines is 2. The number of carbonyl (C=O) groups excluding carboxylic acids is 1. The highest BCUT2D eigenvalue weighted by molar-refractivity contribution is 5.92. The Kier molecular flexibility index (Phi) is 5.89. The van der Waals surface area contributed by atoms with E-state index in [0.29, 0.717) is 43.6 Å². The third-order valence-corrected chi connectivity index (χ3v) is 4.84. The monoisotopic (exact) mass is 389 g/mol. The summed E-state index contributed by atoms with van der Waals surface area (Å²) in [5.41, 5.74) is 1.63. The van der Waals surface area contributed by atoms with Gasteiger partial charge in [-0.15, -0.1) is 0 Å². The Bertz CT molecular complexity index is 911. The van der Waals surface area contributed by atoms with Crippen molar-refractivity contribution < 1.29 is 4.79 Å². The summed E-state index contributed by atoms with van der Waals surface area (Å²) in [5, 5.41) is 3.24. The average molecular weight is 389 g/mol. The highest BCUT2D eigenvalue weighted by Gasteiger charge is 2.24. The Hall–Kier alpha value is -3.55. The largest absolute Gasteiger partial charge is 0.368 e. The van der Waals surface area contributed by atoms with Gasteiger partial charge in [0.2, 0.25) is 5.95 Å². The minimum atomic E-state index is -0.0954. The van der Waals surface area contributed by atoms with Crippen molar-refractivity contribution >= 4 is 17.7 Å². The summed E-state index contributed by atoms with van der Waals surface area (Å²) in [5.74, 6) is 1.27. The molecule has 0 spiro atoms. The fourth-order valence-electron chi connectivity index (χ4n) is 3.24. The molecule has 1 fully saturated rings. The lowest BCUT2D eigenvalue weighted by Crippen LogP contribution is -2.49. The molecule has 0 atom stereocenters. The number of benzene rings is 1. The number of nitrogens with one attached hydrogen (secondary N) is 1. The van der Waals surface area contributed by atoms with Crippen LogP contribution in [0.1, 0.15) is 16.1 Å². The summed E-state index contributed by atoms with van der Waals surface area (Å²) in [7, 11) is 0. The fraction of sp³-hybridized carbons (Fsp3) is 0.286. The molecule has 1 aliphatic rings. The van der Waals surface area contributed by atoms with Crippen molar-refractivity contribution in [1.82, 2.24) is 24.8 Å². The molecule has 8 heteroatoms. The molecule has 0 unspecified atom stereocenters. The molecule has 148 valence electrons. The third-order valence-electron chi connectivity index (χ3n) is 4.84. The molecule has 1 aliphatic heterocycles. The van der Waals surface area contributed by atoms with Crippen LogP contribution in [0.5, 0.6) is 0 Å². The number of nitrogens with zero attached hydrogens (tertiary/aromatic N) is 6. The molecular formula is C21H23N7O. The van der Waals surface area contributed by atoms with Gasteiger partial charge in [-0.25, -0.2) is 19.9 Å². The van der Waals surface area contributed by atoms with E-state index < -0.39 is 0 Å². The molecule has 0 radical (unpaired) electrons. The smallest absolute Gasteiger partial charge is 0.274 e. The van der Waals surface area contributed by atoms with Crippen molar-refractivity contribution in [3.05, 3.63) is 72.4 Å². The van der Waals surface area contributed by atoms with E-state index in [1.807, 2.05) is 18.2 Å². The van der Waals surface area contributed by atoms with Gasteiger partial charge in [0.1, 0.15) is 11.5 Å². The number of amides is 1. The van der Waals surface area contributed by atoms with Crippen molar-refractivity contribution in [1.29, 1.82) is 0 Å². The second kappa shape index (κ2) is 9.09. The van der Waals surface area contributed by atoms with Crippen molar-refractivity contribution in [2.24, 2.45) is 0 Å². The highest BCUT2D eigenvalue weighted by Crippen LogP contribution is 2.12. The maximum absolute atomic E-state index is 12.7. The Morgan fingerprint density at radius 2 is 1.66 bits per heavy atom. The molecule has 1 N–H and O–H groups in total. The van der Waals surface area contributed by atoms with Crippen LogP contribution < -0.4 is 10.2 Å². The molecule has 0 aliphatic carbocycles. The molecule has 3 heterocycles. The van der Waals surface area contributed by atoms with E-state index in [0.717, 1.165) is 13.0 Å². The van der Waals surface area contributed by atoms with Gasteiger partial charge in [0.25, 0.3) is 5.91 Å². The quantitative estimate of drug-likeness (QED) is 0.689. The molecule has 4 rings (SSSR count). The Balaban J connectivity index is 1.27. The first-order valence-corrected chi connectivity index (χ1v) is 9.71. The van der Waals surface area contributed by atoms with Gasteiger partial charge in [0, 0.05) is 45.1 Å². The summed E-state index contributed by atoms with van der Waals surface area (Å²) < 4.78 is 0. The van der Waals surface area contributed by atoms with Gasteiger partial charge in [-0.2, -0.15) is 0 Å². The predicted molar refractivity (Wildman–Crippen MR) is 111 cm³/mol. The number of hydrogen-bond donors (Lipinski definition) is 1. The summed E-state index contributed by atoms with van der Waals surface area (Å²) in [6.07, 6.45) is 7.51. The topological polar surface area (TPSA) is 87.1 Å². The highest BCUT2D eigenvalue weighted by atomic mass is 16.2. The van der Waals surface area contributed by atoms with Gasteiger partial charge in [0.05, 0.1) is 12.4 Å². The van der Waals surface area contributed by atoms with Crippen LogP contribution in [-0.2, 0) is 6.42 Å². The predicted octanol–water partition coefficient (Wildman–Crippen LogP) is 1.88. The first kappa shape index (κ1) is 18.8. The fourth-order valence-corrected chi connectivity index (χ4v) is 3.24. The minimum absolute atomic E-state index is 0.0954. The SMILES string of the molecule is O=C(c1cnc(NCCc2ccccc2)cn1)N1CCN(c2ncccn2)CC1. The molecule has 1 aromatic carbocycles. The molecule has 2 aromatic heterocycles. The zero-order chi connectivity index (χ0) is 19.9. The third kappa shape index (κ3) is 4.84. The molecule has 8 nitrogen and oxygen atoms in total. The van der Waals surface area contributed by atoms with E-state index in [4.69, 9.17) is 0 Å². The van der Waals surface area contributed by atoms with E-state index in [9.17, 15) is 4.79 Å². The van der Waals surface area contributed by atoms with Crippen LogP contribution in [0.4, 0.5) is 11.8 Å². The summed E-state index contributed by atoms with van der Waals surface area (Å²) in [6, 6.07) is 12.1. The maximum atomic E-state index is 12.7. The number of rotatable bonds is 6. The van der Waals surface area contributed by atoms with Crippen LogP contribution in [-0.4, -0.2) is 63.5 Å². The van der Waals surface area contributed by atoms with Crippen LogP contribution in [0.3, 0.4) is 0 Å². The van der Waals surface area contributed by atoms with E-state index in [2.05, 4.69) is 42.3 Å². The van der Waals surface area contributed by atoms with Crippen molar-refractivity contribution in [3.63, 3.8) is 0 Å². The van der Waals surface area contributed by atoms with E-state index >= 15 is 0 Å². The second-order valence-corrected chi connectivity index (χ2v) is 6.78.